The Morgan fingerprint density at radius 1 is 0.909 bits per heavy atom. The molecule has 33 heavy (non-hydrogen) atoms. The van der Waals surface area contributed by atoms with Crippen LogP contribution in [-0.4, -0.2) is 15.7 Å². The molecule has 0 spiro atoms. The highest BCUT2D eigenvalue weighted by molar-refractivity contribution is 5.95. The molecule has 1 heterocycles. The van der Waals surface area contributed by atoms with Crippen LogP contribution >= 0.6 is 0 Å². The van der Waals surface area contributed by atoms with Gasteiger partial charge in [0.1, 0.15) is 6.54 Å². The van der Waals surface area contributed by atoms with Crippen LogP contribution in [0.15, 0.2) is 65.5 Å². The Labute approximate surface area is 194 Å². The third-order valence-electron chi connectivity index (χ3n) is 6.07. The maximum absolute atomic E-state index is 13.2. The molecule has 1 amide bonds. The van der Waals surface area contributed by atoms with Gasteiger partial charge in [-0.3, -0.25) is 9.59 Å². The number of fused-ring (bicyclic) bond motifs is 1. The van der Waals surface area contributed by atoms with Crippen LogP contribution in [0.25, 0.3) is 22.0 Å². The highest BCUT2D eigenvalue weighted by Gasteiger charge is 2.17. The van der Waals surface area contributed by atoms with Gasteiger partial charge in [0.05, 0.1) is 11.1 Å². The van der Waals surface area contributed by atoms with Crippen LogP contribution < -0.4 is 10.9 Å². The SMILES string of the molecule is CCc1cccc(CC)c1NC(=O)Cn1nc(-c2cc(C)ccc2C)c2ccccc2c1=O. The van der Waals surface area contributed by atoms with Crippen LogP contribution in [0.1, 0.15) is 36.1 Å². The second kappa shape index (κ2) is 9.41. The van der Waals surface area contributed by atoms with Crippen molar-refractivity contribution in [2.45, 2.75) is 47.1 Å². The average Bonchev–Trinajstić information content (AvgIpc) is 2.82. The molecule has 5 heteroatoms. The standard InChI is InChI=1S/C28H29N3O2/c1-5-20-10-9-11-21(6-2)26(20)29-25(32)17-31-28(33)23-13-8-7-12-22(23)27(30-31)24-16-18(3)14-15-19(24)4/h7-16H,5-6,17H2,1-4H3,(H,29,32). The fourth-order valence-electron chi connectivity index (χ4n) is 4.25. The van der Waals surface area contributed by atoms with Crippen molar-refractivity contribution in [1.82, 2.24) is 9.78 Å². The largest absolute Gasteiger partial charge is 0.324 e. The number of rotatable bonds is 6. The molecule has 0 atom stereocenters. The van der Waals surface area contributed by atoms with Gasteiger partial charge in [-0.1, -0.05) is 67.9 Å². The van der Waals surface area contributed by atoms with Crippen LogP contribution in [0.3, 0.4) is 0 Å². The van der Waals surface area contributed by atoms with Gasteiger partial charge in [-0.05, 0) is 55.5 Å². The number of benzene rings is 3. The molecule has 0 unspecified atom stereocenters. The van der Waals surface area contributed by atoms with E-state index in [2.05, 4.69) is 42.5 Å². The summed E-state index contributed by atoms with van der Waals surface area (Å²) in [4.78, 5) is 26.3. The van der Waals surface area contributed by atoms with Crippen LogP contribution in [0.5, 0.6) is 0 Å². The second-order valence-corrected chi connectivity index (χ2v) is 8.38. The number of aromatic nitrogens is 2. The Bertz CT molecular complexity index is 1380. The molecule has 0 radical (unpaired) electrons. The lowest BCUT2D eigenvalue weighted by molar-refractivity contribution is -0.117. The first-order valence-electron chi connectivity index (χ1n) is 11.4. The van der Waals surface area contributed by atoms with Gasteiger partial charge in [-0.15, -0.1) is 0 Å². The van der Waals surface area contributed by atoms with Crippen molar-refractivity contribution in [2.24, 2.45) is 0 Å². The van der Waals surface area contributed by atoms with Crippen LogP contribution in [0.4, 0.5) is 5.69 Å². The first kappa shape index (κ1) is 22.5. The minimum atomic E-state index is -0.269. The zero-order valence-electron chi connectivity index (χ0n) is 19.6. The molecule has 4 aromatic rings. The maximum Gasteiger partial charge on any atom is 0.275 e. The van der Waals surface area contributed by atoms with Gasteiger partial charge in [-0.2, -0.15) is 5.10 Å². The minimum absolute atomic E-state index is 0.150. The summed E-state index contributed by atoms with van der Waals surface area (Å²) in [6, 6.07) is 19.7. The molecule has 1 aromatic heterocycles. The van der Waals surface area contributed by atoms with Gasteiger partial charge in [0, 0.05) is 16.6 Å². The Kier molecular flexibility index (Phi) is 6.40. The fraction of sp³-hybridized carbons (Fsp3) is 0.250. The molecule has 0 bridgehead atoms. The molecule has 4 rings (SSSR count). The molecule has 5 nitrogen and oxygen atoms in total. The lowest BCUT2D eigenvalue weighted by Crippen LogP contribution is -2.30. The van der Waals surface area contributed by atoms with E-state index in [9.17, 15) is 9.59 Å². The Balaban J connectivity index is 1.78. The topological polar surface area (TPSA) is 64.0 Å². The Morgan fingerprint density at radius 2 is 1.58 bits per heavy atom. The van der Waals surface area contributed by atoms with Crippen molar-refractivity contribution in [3.8, 4) is 11.3 Å². The minimum Gasteiger partial charge on any atom is -0.324 e. The van der Waals surface area contributed by atoms with Crippen LogP contribution in [0, 0.1) is 13.8 Å². The van der Waals surface area contributed by atoms with Crippen LogP contribution in [-0.2, 0) is 24.2 Å². The Hall–Kier alpha value is -3.73. The number of aryl methyl sites for hydroxylation is 4. The van der Waals surface area contributed by atoms with Crippen molar-refractivity contribution in [3.63, 3.8) is 0 Å². The van der Waals surface area contributed by atoms with Gasteiger partial charge >= 0.3 is 0 Å². The average molecular weight is 440 g/mol. The summed E-state index contributed by atoms with van der Waals surface area (Å²) < 4.78 is 1.29. The molecule has 0 saturated carbocycles. The maximum atomic E-state index is 13.2. The highest BCUT2D eigenvalue weighted by Crippen LogP contribution is 2.28. The molecule has 3 aromatic carbocycles. The van der Waals surface area contributed by atoms with E-state index in [0.29, 0.717) is 11.1 Å². The van der Waals surface area contributed by atoms with Gasteiger partial charge in [0.15, 0.2) is 0 Å². The summed E-state index contributed by atoms with van der Waals surface area (Å²) in [5, 5.41) is 9.07. The highest BCUT2D eigenvalue weighted by atomic mass is 16.2. The van der Waals surface area contributed by atoms with Gasteiger partial charge in [0.2, 0.25) is 5.91 Å². The second-order valence-electron chi connectivity index (χ2n) is 8.38. The van der Waals surface area contributed by atoms with Crippen molar-refractivity contribution in [2.75, 3.05) is 5.32 Å². The third kappa shape index (κ3) is 4.44. The lowest BCUT2D eigenvalue weighted by Gasteiger charge is -2.16. The zero-order chi connectivity index (χ0) is 23.5. The molecule has 0 aliphatic heterocycles. The van der Waals surface area contributed by atoms with E-state index >= 15 is 0 Å². The number of para-hydroxylation sites is 1. The number of amides is 1. The smallest absolute Gasteiger partial charge is 0.275 e. The van der Waals surface area contributed by atoms with Crippen molar-refractivity contribution < 1.29 is 4.79 Å². The fourth-order valence-corrected chi connectivity index (χ4v) is 4.25. The normalized spacial score (nSPS) is 11.0. The number of nitrogens with one attached hydrogen (secondary N) is 1. The molecule has 0 saturated heterocycles. The molecule has 0 aliphatic rings. The number of hydrogen-bond acceptors (Lipinski definition) is 3. The van der Waals surface area contributed by atoms with E-state index in [1.807, 2.05) is 50.2 Å². The summed E-state index contributed by atoms with van der Waals surface area (Å²) >= 11 is 0. The summed E-state index contributed by atoms with van der Waals surface area (Å²) in [7, 11) is 0. The van der Waals surface area contributed by atoms with Gasteiger partial charge in [-0.25, -0.2) is 4.68 Å². The predicted molar refractivity (Wildman–Crippen MR) is 135 cm³/mol. The van der Waals surface area contributed by atoms with E-state index < -0.39 is 0 Å². The molecule has 0 aliphatic carbocycles. The van der Waals surface area contributed by atoms with Crippen molar-refractivity contribution in [1.29, 1.82) is 0 Å². The first-order chi connectivity index (χ1) is 15.9. The predicted octanol–water partition coefficient (Wildman–Crippen LogP) is 5.44. The summed E-state index contributed by atoms with van der Waals surface area (Å²) in [5.74, 6) is -0.262. The Morgan fingerprint density at radius 3 is 2.24 bits per heavy atom. The third-order valence-corrected chi connectivity index (χ3v) is 6.07. The van der Waals surface area contributed by atoms with Gasteiger partial charge < -0.3 is 5.32 Å². The molecule has 0 fully saturated rings. The zero-order valence-corrected chi connectivity index (χ0v) is 19.6. The number of nitrogens with zero attached hydrogens (tertiary/aromatic N) is 2. The quantitative estimate of drug-likeness (QED) is 0.435. The lowest BCUT2D eigenvalue weighted by atomic mass is 9.99. The van der Waals surface area contributed by atoms with E-state index in [1.54, 1.807) is 6.07 Å². The molecular weight excluding hydrogens is 410 g/mol. The van der Waals surface area contributed by atoms with Crippen LogP contribution in [0.2, 0.25) is 0 Å². The molecular formula is C28H29N3O2. The number of hydrogen-bond donors (Lipinski definition) is 1. The van der Waals surface area contributed by atoms with Crippen molar-refractivity contribution in [3.05, 3.63) is 93.3 Å². The monoisotopic (exact) mass is 439 g/mol. The summed E-state index contributed by atoms with van der Waals surface area (Å²) in [6.45, 7) is 8.04. The summed E-state index contributed by atoms with van der Waals surface area (Å²) in [6.07, 6.45) is 1.63. The molecule has 1 N–H and O–H groups in total. The number of carbonyl (C=O) groups excluding carboxylic acids is 1. The number of anilines is 1. The molecule has 168 valence electrons. The van der Waals surface area contributed by atoms with E-state index in [0.717, 1.165) is 51.7 Å². The van der Waals surface area contributed by atoms with Crippen molar-refractivity contribution >= 4 is 22.4 Å². The number of carbonyl (C=O) groups is 1. The summed E-state index contributed by atoms with van der Waals surface area (Å²) in [5.41, 5.74) is 6.59. The van der Waals surface area contributed by atoms with Gasteiger partial charge in [0.25, 0.3) is 5.56 Å². The van der Waals surface area contributed by atoms with E-state index in [1.165, 1.54) is 4.68 Å². The van der Waals surface area contributed by atoms with E-state index in [-0.39, 0.29) is 18.0 Å². The van der Waals surface area contributed by atoms with E-state index in [4.69, 9.17) is 0 Å². The first-order valence-corrected chi connectivity index (χ1v) is 11.4.